The standard InChI is InChI=1S/C15H20N2O3S/c18-11-6-8-16(10-11)14(19)12-4-1-2-7-17(12)15(20)13-5-3-9-21-13/h3,5,9,11-12,18H,1-2,4,6-8,10H2/t11-,12?/m1/s1. The molecule has 2 aliphatic heterocycles. The van der Waals surface area contributed by atoms with Crippen LogP contribution >= 0.6 is 11.3 Å². The third-order valence-corrected chi connectivity index (χ3v) is 5.11. The number of β-amino-alcohol motifs (C(OH)–C–C–N with tert-alkyl or cyclic N) is 1. The Morgan fingerprint density at radius 2 is 2.10 bits per heavy atom. The molecule has 21 heavy (non-hydrogen) atoms. The molecule has 0 aliphatic carbocycles. The van der Waals surface area contributed by atoms with Crippen LogP contribution in [-0.4, -0.2) is 58.5 Å². The van der Waals surface area contributed by atoms with Crippen LogP contribution in [0.3, 0.4) is 0 Å². The molecule has 0 radical (unpaired) electrons. The fraction of sp³-hybridized carbons (Fsp3) is 0.600. The van der Waals surface area contributed by atoms with E-state index >= 15 is 0 Å². The van der Waals surface area contributed by atoms with E-state index in [1.54, 1.807) is 9.80 Å². The van der Waals surface area contributed by atoms with Crippen molar-refractivity contribution in [2.45, 2.75) is 37.8 Å². The van der Waals surface area contributed by atoms with Gasteiger partial charge in [0.15, 0.2) is 0 Å². The largest absolute Gasteiger partial charge is 0.391 e. The second-order valence-corrected chi connectivity index (χ2v) is 6.66. The normalized spacial score (nSPS) is 26.1. The van der Waals surface area contributed by atoms with Crippen molar-refractivity contribution in [2.75, 3.05) is 19.6 Å². The van der Waals surface area contributed by atoms with E-state index in [1.165, 1.54) is 11.3 Å². The highest BCUT2D eigenvalue weighted by atomic mass is 32.1. The molecule has 3 rings (SSSR count). The number of carbonyl (C=O) groups is 2. The summed E-state index contributed by atoms with van der Waals surface area (Å²) in [6, 6.07) is 3.30. The number of likely N-dealkylation sites (tertiary alicyclic amines) is 2. The molecule has 2 aliphatic rings. The van der Waals surface area contributed by atoms with Gasteiger partial charge in [0, 0.05) is 19.6 Å². The molecular weight excluding hydrogens is 288 g/mol. The lowest BCUT2D eigenvalue weighted by atomic mass is 10.0. The molecule has 2 saturated heterocycles. The van der Waals surface area contributed by atoms with Gasteiger partial charge in [-0.3, -0.25) is 9.59 Å². The maximum absolute atomic E-state index is 12.7. The molecule has 1 aromatic heterocycles. The van der Waals surface area contributed by atoms with Crippen molar-refractivity contribution in [3.8, 4) is 0 Å². The molecule has 5 nitrogen and oxygen atoms in total. The number of aliphatic hydroxyl groups excluding tert-OH is 1. The van der Waals surface area contributed by atoms with Crippen LogP contribution in [0.4, 0.5) is 0 Å². The lowest BCUT2D eigenvalue weighted by Gasteiger charge is -2.36. The highest BCUT2D eigenvalue weighted by Gasteiger charge is 2.37. The summed E-state index contributed by atoms with van der Waals surface area (Å²) in [5.74, 6) is -0.0426. The Balaban J connectivity index is 1.75. The molecule has 1 aromatic rings. The van der Waals surface area contributed by atoms with Gasteiger partial charge in [-0.2, -0.15) is 0 Å². The van der Waals surface area contributed by atoms with Gasteiger partial charge in [-0.15, -0.1) is 11.3 Å². The van der Waals surface area contributed by atoms with Crippen molar-refractivity contribution in [1.29, 1.82) is 0 Å². The van der Waals surface area contributed by atoms with E-state index in [0.717, 1.165) is 19.3 Å². The van der Waals surface area contributed by atoms with Crippen molar-refractivity contribution in [2.24, 2.45) is 0 Å². The van der Waals surface area contributed by atoms with Crippen LogP contribution in [0.2, 0.25) is 0 Å². The van der Waals surface area contributed by atoms with Gasteiger partial charge >= 0.3 is 0 Å². The van der Waals surface area contributed by atoms with Crippen molar-refractivity contribution >= 4 is 23.2 Å². The molecule has 1 unspecified atom stereocenters. The lowest BCUT2D eigenvalue weighted by Crippen LogP contribution is -2.52. The molecule has 3 heterocycles. The fourth-order valence-corrected chi connectivity index (χ4v) is 3.80. The molecule has 1 N–H and O–H groups in total. The van der Waals surface area contributed by atoms with E-state index in [2.05, 4.69) is 0 Å². The molecule has 2 atom stereocenters. The van der Waals surface area contributed by atoms with E-state index < -0.39 is 6.10 Å². The number of thiophene rings is 1. The first-order valence-corrected chi connectivity index (χ1v) is 8.36. The van der Waals surface area contributed by atoms with Gasteiger partial charge in [0.2, 0.25) is 5.91 Å². The van der Waals surface area contributed by atoms with E-state index in [4.69, 9.17) is 0 Å². The first kappa shape index (κ1) is 14.5. The topological polar surface area (TPSA) is 60.9 Å². The number of piperidine rings is 1. The second kappa shape index (κ2) is 6.15. The number of carbonyl (C=O) groups excluding carboxylic acids is 2. The van der Waals surface area contributed by atoms with E-state index in [0.29, 0.717) is 30.9 Å². The molecule has 0 aromatic carbocycles. The van der Waals surface area contributed by atoms with Crippen molar-refractivity contribution in [1.82, 2.24) is 9.80 Å². The minimum atomic E-state index is -0.418. The van der Waals surface area contributed by atoms with Crippen molar-refractivity contribution < 1.29 is 14.7 Å². The minimum Gasteiger partial charge on any atom is -0.391 e. The molecular formula is C15H20N2O3S. The average molecular weight is 308 g/mol. The van der Waals surface area contributed by atoms with Crippen LogP contribution in [-0.2, 0) is 4.79 Å². The Kier molecular flexibility index (Phi) is 4.26. The highest BCUT2D eigenvalue weighted by molar-refractivity contribution is 7.12. The van der Waals surface area contributed by atoms with Crippen LogP contribution in [0.25, 0.3) is 0 Å². The Morgan fingerprint density at radius 1 is 1.24 bits per heavy atom. The van der Waals surface area contributed by atoms with Crippen LogP contribution in [0.5, 0.6) is 0 Å². The summed E-state index contributed by atoms with van der Waals surface area (Å²) in [7, 11) is 0. The summed E-state index contributed by atoms with van der Waals surface area (Å²) >= 11 is 1.41. The third-order valence-electron chi connectivity index (χ3n) is 4.26. The molecule has 114 valence electrons. The number of nitrogens with zero attached hydrogens (tertiary/aromatic N) is 2. The third kappa shape index (κ3) is 2.96. The van der Waals surface area contributed by atoms with E-state index in [-0.39, 0.29) is 17.9 Å². The minimum absolute atomic E-state index is 0.00356. The Bertz CT molecular complexity index is 517. The number of rotatable bonds is 2. The molecule has 6 heteroatoms. The van der Waals surface area contributed by atoms with Gasteiger partial charge in [-0.1, -0.05) is 6.07 Å². The van der Waals surface area contributed by atoms with Gasteiger partial charge in [-0.05, 0) is 37.1 Å². The summed E-state index contributed by atoms with van der Waals surface area (Å²) in [6.45, 7) is 1.64. The monoisotopic (exact) mass is 308 g/mol. The molecule has 0 bridgehead atoms. The molecule has 0 saturated carbocycles. The Hall–Kier alpha value is -1.40. The summed E-state index contributed by atoms with van der Waals surface area (Å²) in [4.78, 5) is 29.3. The molecule has 0 spiro atoms. The Labute approximate surface area is 128 Å². The zero-order valence-corrected chi connectivity index (χ0v) is 12.7. The summed E-state index contributed by atoms with van der Waals surface area (Å²) in [5.41, 5.74) is 0. The number of hydrogen-bond acceptors (Lipinski definition) is 4. The summed E-state index contributed by atoms with van der Waals surface area (Å²) < 4.78 is 0. The van der Waals surface area contributed by atoms with Crippen LogP contribution < -0.4 is 0 Å². The van der Waals surface area contributed by atoms with Gasteiger partial charge in [0.25, 0.3) is 5.91 Å². The predicted octanol–water partition coefficient (Wildman–Crippen LogP) is 1.34. The maximum atomic E-state index is 12.7. The second-order valence-electron chi connectivity index (χ2n) is 5.71. The summed E-state index contributed by atoms with van der Waals surface area (Å²) in [6.07, 6.45) is 2.86. The predicted molar refractivity (Wildman–Crippen MR) is 80.2 cm³/mol. The van der Waals surface area contributed by atoms with Gasteiger partial charge in [-0.25, -0.2) is 0 Å². The number of aliphatic hydroxyl groups is 1. The van der Waals surface area contributed by atoms with Crippen LogP contribution in [0.15, 0.2) is 17.5 Å². The van der Waals surface area contributed by atoms with E-state index in [9.17, 15) is 14.7 Å². The van der Waals surface area contributed by atoms with Crippen molar-refractivity contribution in [3.63, 3.8) is 0 Å². The first-order chi connectivity index (χ1) is 10.2. The molecule has 2 amide bonds. The number of amides is 2. The maximum Gasteiger partial charge on any atom is 0.264 e. The first-order valence-electron chi connectivity index (χ1n) is 7.48. The van der Waals surface area contributed by atoms with Crippen molar-refractivity contribution in [3.05, 3.63) is 22.4 Å². The van der Waals surface area contributed by atoms with Gasteiger partial charge < -0.3 is 14.9 Å². The fourth-order valence-electron chi connectivity index (χ4n) is 3.13. The smallest absolute Gasteiger partial charge is 0.264 e. The van der Waals surface area contributed by atoms with Gasteiger partial charge in [0.1, 0.15) is 6.04 Å². The average Bonchev–Trinajstić information content (AvgIpc) is 3.17. The summed E-state index contributed by atoms with van der Waals surface area (Å²) in [5, 5.41) is 11.5. The zero-order valence-electron chi connectivity index (χ0n) is 11.9. The SMILES string of the molecule is O=C(C1CCCCN1C(=O)c1cccs1)N1CC[C@@H](O)C1. The van der Waals surface area contributed by atoms with E-state index in [1.807, 2.05) is 17.5 Å². The number of hydrogen-bond donors (Lipinski definition) is 1. The quantitative estimate of drug-likeness (QED) is 0.897. The van der Waals surface area contributed by atoms with Crippen LogP contribution in [0.1, 0.15) is 35.4 Å². The van der Waals surface area contributed by atoms with Crippen LogP contribution in [0, 0.1) is 0 Å². The van der Waals surface area contributed by atoms with Gasteiger partial charge in [0.05, 0.1) is 11.0 Å². The lowest BCUT2D eigenvalue weighted by molar-refractivity contribution is -0.136. The molecule has 2 fully saturated rings. The highest BCUT2D eigenvalue weighted by Crippen LogP contribution is 2.24. The zero-order chi connectivity index (χ0) is 14.8. The Morgan fingerprint density at radius 3 is 2.76 bits per heavy atom.